The Kier molecular flexibility index (Phi) is 3.99. The molecular weight excluding hydrogens is 226 g/mol. The second kappa shape index (κ2) is 5.50. The van der Waals surface area contributed by atoms with Crippen molar-refractivity contribution in [3.63, 3.8) is 0 Å². The number of nitrogens with two attached hydrogens (primary N) is 2. The molecule has 1 aliphatic rings. The first kappa shape index (κ1) is 13.1. The van der Waals surface area contributed by atoms with E-state index in [1.165, 1.54) is 0 Å². The summed E-state index contributed by atoms with van der Waals surface area (Å²) in [5, 5.41) is 0. The van der Waals surface area contributed by atoms with E-state index >= 15 is 0 Å². The lowest BCUT2D eigenvalue weighted by atomic mass is 9.95. The SMILES string of the molecule is CC1CC(N)CN(Cc2ccccc2C(N)=O)C1. The van der Waals surface area contributed by atoms with Crippen LogP contribution in [0.4, 0.5) is 0 Å². The molecule has 0 spiro atoms. The molecule has 1 heterocycles. The van der Waals surface area contributed by atoms with Crippen molar-refractivity contribution >= 4 is 5.91 Å². The summed E-state index contributed by atoms with van der Waals surface area (Å²) in [5.74, 6) is 0.245. The van der Waals surface area contributed by atoms with E-state index in [0.29, 0.717) is 11.5 Å². The van der Waals surface area contributed by atoms with Gasteiger partial charge in [0.2, 0.25) is 5.91 Å². The smallest absolute Gasteiger partial charge is 0.249 e. The van der Waals surface area contributed by atoms with Gasteiger partial charge < -0.3 is 11.5 Å². The molecule has 1 aliphatic heterocycles. The van der Waals surface area contributed by atoms with Crippen molar-refractivity contribution in [3.05, 3.63) is 35.4 Å². The summed E-state index contributed by atoms with van der Waals surface area (Å²) >= 11 is 0. The van der Waals surface area contributed by atoms with Gasteiger partial charge in [0.05, 0.1) is 0 Å². The van der Waals surface area contributed by atoms with Crippen molar-refractivity contribution in [2.45, 2.75) is 25.9 Å². The Labute approximate surface area is 108 Å². The molecule has 1 saturated heterocycles. The van der Waals surface area contributed by atoms with Gasteiger partial charge in [-0.3, -0.25) is 9.69 Å². The minimum Gasteiger partial charge on any atom is -0.366 e. The molecule has 1 aromatic rings. The van der Waals surface area contributed by atoms with E-state index in [1.54, 1.807) is 6.07 Å². The molecule has 2 unspecified atom stereocenters. The number of carbonyl (C=O) groups excluding carboxylic acids is 1. The number of rotatable bonds is 3. The molecule has 0 bridgehead atoms. The molecule has 4 N–H and O–H groups in total. The summed E-state index contributed by atoms with van der Waals surface area (Å²) in [5.41, 5.74) is 13.0. The zero-order chi connectivity index (χ0) is 13.1. The summed E-state index contributed by atoms with van der Waals surface area (Å²) in [4.78, 5) is 13.7. The van der Waals surface area contributed by atoms with Crippen LogP contribution in [-0.2, 0) is 6.54 Å². The third-order valence-corrected chi connectivity index (χ3v) is 3.44. The van der Waals surface area contributed by atoms with E-state index in [0.717, 1.165) is 31.6 Å². The summed E-state index contributed by atoms with van der Waals surface area (Å²) < 4.78 is 0. The van der Waals surface area contributed by atoms with E-state index in [1.807, 2.05) is 18.2 Å². The first-order valence-electron chi connectivity index (χ1n) is 6.42. The highest BCUT2D eigenvalue weighted by molar-refractivity contribution is 5.94. The zero-order valence-corrected chi connectivity index (χ0v) is 10.8. The first-order chi connectivity index (χ1) is 8.56. The number of benzene rings is 1. The van der Waals surface area contributed by atoms with Crippen LogP contribution in [0.2, 0.25) is 0 Å². The number of nitrogens with zero attached hydrogens (tertiary/aromatic N) is 1. The van der Waals surface area contributed by atoms with Crippen LogP contribution < -0.4 is 11.5 Å². The fourth-order valence-corrected chi connectivity index (χ4v) is 2.78. The van der Waals surface area contributed by atoms with Crippen molar-refractivity contribution in [1.82, 2.24) is 4.90 Å². The Balaban J connectivity index is 2.11. The number of piperidine rings is 1. The first-order valence-corrected chi connectivity index (χ1v) is 6.42. The predicted molar refractivity (Wildman–Crippen MR) is 72.0 cm³/mol. The molecule has 18 heavy (non-hydrogen) atoms. The zero-order valence-electron chi connectivity index (χ0n) is 10.8. The Morgan fingerprint density at radius 2 is 2.11 bits per heavy atom. The fraction of sp³-hybridized carbons (Fsp3) is 0.500. The predicted octanol–water partition coefficient (Wildman–Crippen LogP) is 0.955. The maximum Gasteiger partial charge on any atom is 0.249 e. The molecule has 0 radical (unpaired) electrons. The van der Waals surface area contributed by atoms with E-state index < -0.39 is 0 Å². The van der Waals surface area contributed by atoms with Crippen molar-refractivity contribution in [1.29, 1.82) is 0 Å². The maximum atomic E-state index is 11.4. The van der Waals surface area contributed by atoms with Crippen LogP contribution in [0.15, 0.2) is 24.3 Å². The van der Waals surface area contributed by atoms with Crippen LogP contribution in [0, 0.1) is 5.92 Å². The second-order valence-corrected chi connectivity index (χ2v) is 5.32. The minimum absolute atomic E-state index is 0.231. The molecule has 4 heteroatoms. The summed E-state index contributed by atoms with van der Waals surface area (Å²) in [6.07, 6.45) is 1.08. The van der Waals surface area contributed by atoms with Gasteiger partial charge in [-0.1, -0.05) is 25.1 Å². The molecule has 1 amide bonds. The average Bonchev–Trinajstić information content (AvgIpc) is 2.27. The highest BCUT2D eigenvalue weighted by atomic mass is 16.1. The topological polar surface area (TPSA) is 72.3 Å². The van der Waals surface area contributed by atoms with Gasteiger partial charge in [-0.15, -0.1) is 0 Å². The molecular formula is C14H21N3O. The Morgan fingerprint density at radius 3 is 2.78 bits per heavy atom. The van der Waals surface area contributed by atoms with Gasteiger partial charge in [0, 0.05) is 31.2 Å². The van der Waals surface area contributed by atoms with Gasteiger partial charge in [0.25, 0.3) is 0 Å². The lowest BCUT2D eigenvalue weighted by Gasteiger charge is -2.35. The van der Waals surface area contributed by atoms with Crippen LogP contribution >= 0.6 is 0 Å². The van der Waals surface area contributed by atoms with E-state index in [9.17, 15) is 4.79 Å². The fourth-order valence-electron chi connectivity index (χ4n) is 2.78. The number of carbonyl (C=O) groups is 1. The number of hydrogen-bond acceptors (Lipinski definition) is 3. The van der Waals surface area contributed by atoms with Crippen LogP contribution in [0.3, 0.4) is 0 Å². The summed E-state index contributed by atoms with van der Waals surface area (Å²) in [7, 11) is 0. The third kappa shape index (κ3) is 3.09. The van der Waals surface area contributed by atoms with Crippen molar-refractivity contribution in [2.75, 3.05) is 13.1 Å². The van der Waals surface area contributed by atoms with Gasteiger partial charge >= 0.3 is 0 Å². The molecule has 1 fully saturated rings. The van der Waals surface area contributed by atoms with Crippen molar-refractivity contribution in [2.24, 2.45) is 17.4 Å². The molecule has 0 saturated carbocycles. The largest absolute Gasteiger partial charge is 0.366 e. The lowest BCUT2D eigenvalue weighted by Crippen LogP contribution is -2.45. The lowest BCUT2D eigenvalue weighted by molar-refractivity contribution is 0.0997. The van der Waals surface area contributed by atoms with E-state index in [2.05, 4.69) is 11.8 Å². The van der Waals surface area contributed by atoms with Gasteiger partial charge in [-0.2, -0.15) is 0 Å². The molecule has 1 aromatic carbocycles. The van der Waals surface area contributed by atoms with Crippen LogP contribution in [0.1, 0.15) is 29.3 Å². The van der Waals surface area contributed by atoms with Crippen LogP contribution in [0.25, 0.3) is 0 Å². The third-order valence-electron chi connectivity index (χ3n) is 3.44. The van der Waals surface area contributed by atoms with Crippen molar-refractivity contribution < 1.29 is 4.79 Å². The minimum atomic E-state index is -0.361. The number of amides is 1. The summed E-state index contributed by atoms with van der Waals surface area (Å²) in [6, 6.07) is 7.76. The molecule has 2 rings (SSSR count). The van der Waals surface area contributed by atoms with Gasteiger partial charge in [0.1, 0.15) is 0 Å². The molecule has 2 atom stereocenters. The molecule has 4 nitrogen and oxygen atoms in total. The Hall–Kier alpha value is -1.39. The molecule has 0 aliphatic carbocycles. The number of primary amides is 1. The number of hydrogen-bond donors (Lipinski definition) is 2. The van der Waals surface area contributed by atoms with E-state index in [-0.39, 0.29) is 11.9 Å². The molecule has 98 valence electrons. The second-order valence-electron chi connectivity index (χ2n) is 5.32. The average molecular weight is 247 g/mol. The quantitative estimate of drug-likeness (QED) is 0.835. The van der Waals surface area contributed by atoms with Crippen LogP contribution in [0.5, 0.6) is 0 Å². The van der Waals surface area contributed by atoms with Gasteiger partial charge in [-0.05, 0) is 24.0 Å². The maximum absolute atomic E-state index is 11.4. The monoisotopic (exact) mass is 247 g/mol. The number of likely N-dealkylation sites (tertiary alicyclic amines) is 1. The Bertz CT molecular complexity index is 423. The molecule has 0 aromatic heterocycles. The highest BCUT2D eigenvalue weighted by Crippen LogP contribution is 2.19. The normalized spacial score (nSPS) is 25.0. The summed E-state index contributed by atoms with van der Waals surface area (Å²) in [6.45, 7) is 4.88. The van der Waals surface area contributed by atoms with Gasteiger partial charge in [-0.25, -0.2) is 0 Å². The van der Waals surface area contributed by atoms with Crippen molar-refractivity contribution in [3.8, 4) is 0 Å². The van der Waals surface area contributed by atoms with Gasteiger partial charge in [0.15, 0.2) is 0 Å². The highest BCUT2D eigenvalue weighted by Gasteiger charge is 2.22. The standard InChI is InChI=1S/C14H21N3O/c1-10-6-12(15)9-17(7-10)8-11-4-2-3-5-13(11)14(16)18/h2-5,10,12H,6-9,15H2,1H3,(H2,16,18). The van der Waals surface area contributed by atoms with Crippen LogP contribution in [-0.4, -0.2) is 29.9 Å². The van der Waals surface area contributed by atoms with E-state index in [4.69, 9.17) is 11.5 Å². The Morgan fingerprint density at radius 1 is 1.39 bits per heavy atom.